The van der Waals surface area contributed by atoms with E-state index in [-0.39, 0.29) is 35.7 Å². The molecule has 2 heterocycles. The maximum atomic E-state index is 13.6. The first-order valence-corrected chi connectivity index (χ1v) is 9.78. The molecule has 27 heavy (non-hydrogen) atoms. The minimum Gasteiger partial charge on any atom is -0.469 e. The van der Waals surface area contributed by atoms with Gasteiger partial charge in [-0.25, -0.2) is 0 Å². The molecule has 0 unspecified atom stereocenters. The lowest BCUT2D eigenvalue weighted by molar-refractivity contribution is -0.171. The number of methoxy groups -OCH3 is 1. The Morgan fingerprint density at radius 2 is 2.15 bits per heavy atom. The van der Waals surface area contributed by atoms with Crippen molar-refractivity contribution in [2.24, 2.45) is 17.8 Å². The first kappa shape index (κ1) is 18.4. The van der Waals surface area contributed by atoms with Gasteiger partial charge in [-0.1, -0.05) is 18.2 Å². The molecule has 1 saturated heterocycles. The third-order valence-electron chi connectivity index (χ3n) is 6.91. The molecule has 6 nitrogen and oxygen atoms in total. The third-order valence-corrected chi connectivity index (χ3v) is 6.91. The molecule has 1 saturated carbocycles. The van der Waals surface area contributed by atoms with Gasteiger partial charge >= 0.3 is 5.97 Å². The van der Waals surface area contributed by atoms with E-state index in [1.807, 2.05) is 32.2 Å². The van der Waals surface area contributed by atoms with Gasteiger partial charge in [0.1, 0.15) is 5.78 Å². The van der Waals surface area contributed by atoms with Crippen LogP contribution in [0.25, 0.3) is 0 Å². The van der Waals surface area contributed by atoms with Gasteiger partial charge in [0.05, 0.1) is 31.2 Å². The van der Waals surface area contributed by atoms with Gasteiger partial charge < -0.3 is 20.1 Å². The Labute approximate surface area is 160 Å². The van der Waals surface area contributed by atoms with Crippen LogP contribution in [0.1, 0.15) is 25.3 Å². The summed E-state index contributed by atoms with van der Waals surface area (Å²) in [6.45, 7) is 3.22. The lowest BCUT2D eigenvalue weighted by Gasteiger charge is -2.51. The highest BCUT2D eigenvalue weighted by atomic mass is 16.5. The summed E-state index contributed by atoms with van der Waals surface area (Å²) >= 11 is 0. The van der Waals surface area contributed by atoms with E-state index < -0.39 is 11.3 Å². The number of ketones is 1. The molecule has 0 radical (unpaired) electrons. The van der Waals surface area contributed by atoms with Crippen molar-refractivity contribution in [3.63, 3.8) is 0 Å². The number of hydrogen-bond donors (Lipinski definition) is 2. The first-order valence-electron chi connectivity index (χ1n) is 9.78. The molecule has 0 spiro atoms. The fourth-order valence-electron chi connectivity index (χ4n) is 5.63. The third kappa shape index (κ3) is 2.61. The highest BCUT2D eigenvalue weighted by Crippen LogP contribution is 2.55. The van der Waals surface area contributed by atoms with Gasteiger partial charge in [-0.2, -0.15) is 0 Å². The van der Waals surface area contributed by atoms with Crippen molar-refractivity contribution in [2.75, 3.05) is 32.6 Å². The number of nitrogens with one attached hydrogen (secondary N) is 2. The zero-order valence-electron chi connectivity index (χ0n) is 16.2. The number of esters is 1. The second-order valence-corrected chi connectivity index (χ2v) is 8.03. The number of para-hydroxylation sites is 1. The van der Waals surface area contributed by atoms with E-state index in [2.05, 4.69) is 16.7 Å². The number of benzene rings is 1. The van der Waals surface area contributed by atoms with Crippen LogP contribution in [0.4, 0.5) is 5.69 Å². The number of hydrogen-bond acceptors (Lipinski definition) is 6. The molecule has 2 N–H and O–H groups in total. The summed E-state index contributed by atoms with van der Waals surface area (Å²) in [5.41, 5.74) is 1.55. The molecule has 1 aliphatic carbocycles. The molecule has 0 amide bonds. The summed E-state index contributed by atoms with van der Waals surface area (Å²) < 4.78 is 11.1. The summed E-state index contributed by atoms with van der Waals surface area (Å²) in [6.07, 6.45) is 0.896. The largest absolute Gasteiger partial charge is 0.469 e. The maximum Gasteiger partial charge on any atom is 0.311 e. The zero-order valence-corrected chi connectivity index (χ0v) is 16.2. The van der Waals surface area contributed by atoms with Crippen LogP contribution >= 0.6 is 0 Å². The number of Topliss-reactive ketones (excluding diaryl/α,β-unsaturated/α-hetero) is 1. The second-order valence-electron chi connectivity index (χ2n) is 8.03. The Bertz CT molecular complexity index is 751. The molecule has 2 fully saturated rings. The minimum atomic E-state index is -0.564. The van der Waals surface area contributed by atoms with Crippen LogP contribution in [0, 0.1) is 17.8 Å². The van der Waals surface area contributed by atoms with Gasteiger partial charge in [0, 0.05) is 24.1 Å². The summed E-state index contributed by atoms with van der Waals surface area (Å²) in [4.78, 5) is 26.1. The van der Waals surface area contributed by atoms with Crippen LogP contribution in [-0.4, -0.2) is 51.2 Å². The predicted molar refractivity (Wildman–Crippen MR) is 102 cm³/mol. The van der Waals surface area contributed by atoms with Crippen LogP contribution in [0.2, 0.25) is 0 Å². The van der Waals surface area contributed by atoms with E-state index in [0.29, 0.717) is 13.0 Å². The summed E-state index contributed by atoms with van der Waals surface area (Å²) in [5, 5.41) is 6.83. The molecule has 1 aromatic rings. The Balaban J connectivity index is 1.77. The smallest absolute Gasteiger partial charge is 0.311 e. The van der Waals surface area contributed by atoms with Crippen molar-refractivity contribution in [3.05, 3.63) is 29.8 Å². The number of carbonyl (C=O) groups is 2. The average Bonchev–Trinajstić information content (AvgIpc) is 3.02. The molecule has 6 heteroatoms. The fraction of sp³-hybridized carbons (Fsp3) is 0.619. The van der Waals surface area contributed by atoms with Crippen molar-refractivity contribution in [1.29, 1.82) is 0 Å². The summed E-state index contributed by atoms with van der Waals surface area (Å²) in [6, 6.07) is 8.05. The summed E-state index contributed by atoms with van der Waals surface area (Å²) in [7, 11) is 3.32. The van der Waals surface area contributed by atoms with E-state index in [1.165, 1.54) is 7.11 Å². The van der Waals surface area contributed by atoms with Crippen LogP contribution in [0.5, 0.6) is 0 Å². The van der Waals surface area contributed by atoms with Gasteiger partial charge in [-0.05, 0) is 44.5 Å². The Hall–Kier alpha value is -1.92. The van der Waals surface area contributed by atoms with Gasteiger partial charge in [-0.3, -0.25) is 9.59 Å². The van der Waals surface area contributed by atoms with Crippen LogP contribution < -0.4 is 10.6 Å². The molecule has 0 bridgehead atoms. The highest BCUT2D eigenvalue weighted by Gasteiger charge is 2.62. The Morgan fingerprint density at radius 3 is 2.89 bits per heavy atom. The van der Waals surface area contributed by atoms with Gasteiger partial charge in [-0.15, -0.1) is 0 Å². The fourth-order valence-corrected chi connectivity index (χ4v) is 5.63. The molecule has 146 valence electrons. The van der Waals surface area contributed by atoms with Crippen molar-refractivity contribution in [3.8, 4) is 0 Å². The predicted octanol–water partition coefficient (Wildman–Crippen LogP) is 1.74. The van der Waals surface area contributed by atoms with Gasteiger partial charge in [0.15, 0.2) is 0 Å². The highest BCUT2D eigenvalue weighted by molar-refractivity contribution is 5.97. The molecule has 0 aromatic heterocycles. The van der Waals surface area contributed by atoms with Crippen molar-refractivity contribution >= 4 is 17.4 Å². The molecular formula is C21H28N2O4. The number of anilines is 1. The average molecular weight is 372 g/mol. The zero-order chi connectivity index (χ0) is 19.2. The van der Waals surface area contributed by atoms with E-state index >= 15 is 0 Å². The molecular weight excluding hydrogens is 344 g/mol. The molecule has 2 aliphatic heterocycles. The standard InChI is InChI=1S/C21H28N2O4/c1-12-18(20(25)26-3)13-10-17(24)21(8-9-22-2)15-6-4-5-7-16(15)23-19(21)14(13)11-27-12/h4-7,12-14,18-19,22-23H,8-11H2,1-3H3/t12-,13-,14-,18+,19+,21-/m1/s1. The van der Waals surface area contributed by atoms with Crippen LogP contribution in [0.3, 0.4) is 0 Å². The number of carbonyl (C=O) groups excluding carboxylic acids is 2. The van der Waals surface area contributed by atoms with Gasteiger partial charge in [0.2, 0.25) is 0 Å². The Morgan fingerprint density at radius 1 is 1.37 bits per heavy atom. The lowest BCUT2D eigenvalue weighted by atomic mass is 9.55. The van der Waals surface area contributed by atoms with E-state index in [9.17, 15) is 9.59 Å². The Kier molecular flexibility index (Phi) is 4.72. The normalized spacial score (nSPS) is 37.0. The lowest BCUT2D eigenvalue weighted by Crippen LogP contribution is -2.62. The van der Waals surface area contributed by atoms with E-state index in [0.717, 1.165) is 24.2 Å². The molecule has 6 atom stereocenters. The van der Waals surface area contributed by atoms with Gasteiger partial charge in [0.25, 0.3) is 0 Å². The maximum absolute atomic E-state index is 13.6. The molecule has 1 aromatic carbocycles. The molecule has 4 rings (SSSR count). The van der Waals surface area contributed by atoms with E-state index in [4.69, 9.17) is 9.47 Å². The second kappa shape index (κ2) is 6.91. The number of rotatable bonds is 4. The SMILES string of the molecule is CNCC[C@@]12C(=O)C[C@@H]3[C@@H](CO[C@H](C)[C@@H]3C(=O)OC)[C@@H]1Nc1ccccc12. The minimum absolute atomic E-state index is 0.0526. The van der Waals surface area contributed by atoms with Crippen molar-refractivity contribution < 1.29 is 19.1 Å². The van der Waals surface area contributed by atoms with Crippen LogP contribution in [0.15, 0.2) is 24.3 Å². The van der Waals surface area contributed by atoms with E-state index in [1.54, 1.807) is 0 Å². The summed E-state index contributed by atoms with van der Waals surface area (Å²) in [5.74, 6) is -0.409. The molecule has 3 aliphatic rings. The van der Waals surface area contributed by atoms with Crippen molar-refractivity contribution in [2.45, 2.75) is 37.3 Å². The van der Waals surface area contributed by atoms with Crippen molar-refractivity contribution in [1.82, 2.24) is 5.32 Å². The van der Waals surface area contributed by atoms with Crippen LogP contribution in [-0.2, 0) is 24.5 Å². The topological polar surface area (TPSA) is 76.7 Å². The first-order chi connectivity index (χ1) is 13.0. The monoisotopic (exact) mass is 372 g/mol. The quantitative estimate of drug-likeness (QED) is 0.784. The number of fused-ring (bicyclic) bond motifs is 5. The number of ether oxygens (including phenoxy) is 2.